The summed E-state index contributed by atoms with van der Waals surface area (Å²) in [5.41, 5.74) is 1.20. The second-order valence-corrected chi connectivity index (χ2v) is 5.01. The van der Waals surface area contributed by atoms with Crippen LogP contribution in [0.15, 0.2) is 58.2 Å². The summed E-state index contributed by atoms with van der Waals surface area (Å²) in [4.78, 5) is 5.02. The molecule has 22 heavy (non-hydrogen) atoms. The number of halogens is 4. The topological polar surface area (TPSA) is 30.8 Å². The molecule has 1 radical (unpaired) electrons. The zero-order valence-corrected chi connectivity index (χ0v) is 12.7. The average molecular weight is 373 g/mol. The molecule has 0 aliphatic carbocycles. The highest BCUT2D eigenvalue weighted by atomic mass is 79.9. The normalized spacial score (nSPS) is 11.6. The minimum atomic E-state index is -4.72. The van der Waals surface area contributed by atoms with E-state index in [4.69, 9.17) is 4.84 Å². The highest BCUT2D eigenvalue weighted by molar-refractivity contribution is 9.10. The van der Waals surface area contributed by atoms with E-state index in [0.29, 0.717) is 11.1 Å². The largest absolute Gasteiger partial charge is 0.573 e. The molecular weight excluding hydrogens is 363 g/mol. The Morgan fingerprint density at radius 2 is 1.86 bits per heavy atom. The average Bonchev–Trinajstić information content (AvgIpc) is 2.44. The summed E-state index contributed by atoms with van der Waals surface area (Å²) in [6.07, 6.45) is -2.04. The lowest BCUT2D eigenvalue weighted by atomic mass is 10.2. The van der Waals surface area contributed by atoms with Crippen molar-refractivity contribution >= 4 is 22.1 Å². The van der Waals surface area contributed by atoms with Crippen LogP contribution in [0.1, 0.15) is 11.1 Å². The van der Waals surface area contributed by atoms with E-state index in [1.54, 1.807) is 12.1 Å². The fraction of sp³-hybridized carbons (Fsp3) is 0.133. The van der Waals surface area contributed by atoms with Crippen molar-refractivity contribution < 1.29 is 22.7 Å². The van der Waals surface area contributed by atoms with Gasteiger partial charge in [0.2, 0.25) is 0 Å². The molecular formula is C15H10BrF3NO2. The maximum atomic E-state index is 12.1. The summed E-state index contributed by atoms with van der Waals surface area (Å²) in [7, 11) is 0. The van der Waals surface area contributed by atoms with E-state index in [9.17, 15) is 13.2 Å². The smallest absolute Gasteiger partial charge is 0.406 e. The Morgan fingerprint density at radius 3 is 2.59 bits per heavy atom. The van der Waals surface area contributed by atoms with E-state index in [2.05, 4.69) is 32.0 Å². The minimum absolute atomic E-state index is 0.00646. The molecule has 2 rings (SSSR count). The molecule has 0 aliphatic heterocycles. The SMILES string of the molecule is FC(F)(F)Oc1cccc(CO/N=[C]\c2ccccc2Br)c1. The molecule has 7 heteroatoms. The van der Waals surface area contributed by atoms with Crippen molar-refractivity contribution in [1.82, 2.24) is 0 Å². The van der Waals surface area contributed by atoms with E-state index in [0.717, 1.165) is 4.47 Å². The van der Waals surface area contributed by atoms with Crippen molar-refractivity contribution in [1.29, 1.82) is 0 Å². The van der Waals surface area contributed by atoms with Crippen molar-refractivity contribution in [2.24, 2.45) is 5.16 Å². The Hall–Kier alpha value is -2.02. The first kappa shape index (κ1) is 16.4. The molecule has 0 aromatic heterocycles. The second-order valence-electron chi connectivity index (χ2n) is 4.15. The van der Waals surface area contributed by atoms with Gasteiger partial charge in [0.1, 0.15) is 18.6 Å². The molecule has 0 aliphatic rings. The quantitative estimate of drug-likeness (QED) is 0.558. The summed E-state index contributed by atoms with van der Waals surface area (Å²) in [5.74, 6) is -0.299. The van der Waals surface area contributed by atoms with E-state index < -0.39 is 6.36 Å². The Kier molecular flexibility index (Phi) is 5.43. The summed E-state index contributed by atoms with van der Waals surface area (Å²) in [6.45, 7) is 0.00646. The number of benzene rings is 2. The number of alkyl halides is 3. The van der Waals surface area contributed by atoms with Gasteiger partial charge in [-0.1, -0.05) is 51.4 Å². The molecule has 115 valence electrons. The third-order valence-electron chi connectivity index (χ3n) is 2.47. The molecule has 0 spiro atoms. The van der Waals surface area contributed by atoms with Crippen LogP contribution in [-0.2, 0) is 11.4 Å². The maximum absolute atomic E-state index is 12.1. The van der Waals surface area contributed by atoms with Crippen LogP contribution < -0.4 is 4.74 Å². The third kappa shape index (κ3) is 5.40. The first-order valence-electron chi connectivity index (χ1n) is 6.11. The van der Waals surface area contributed by atoms with Crippen LogP contribution in [-0.4, -0.2) is 12.6 Å². The number of hydrogen-bond acceptors (Lipinski definition) is 3. The van der Waals surface area contributed by atoms with Crippen LogP contribution >= 0.6 is 15.9 Å². The summed E-state index contributed by atoms with van der Waals surface area (Å²) in [6, 6.07) is 12.8. The molecule has 0 bridgehead atoms. The summed E-state index contributed by atoms with van der Waals surface area (Å²) < 4.78 is 41.0. The molecule has 0 heterocycles. The molecule has 0 atom stereocenters. The van der Waals surface area contributed by atoms with Gasteiger partial charge in [-0.2, -0.15) is 0 Å². The van der Waals surface area contributed by atoms with Gasteiger partial charge < -0.3 is 9.57 Å². The zero-order chi connectivity index (χ0) is 16.0. The van der Waals surface area contributed by atoms with Gasteiger partial charge in [-0.05, 0) is 23.8 Å². The van der Waals surface area contributed by atoms with Gasteiger partial charge in [0.05, 0.1) is 0 Å². The molecule has 0 N–H and O–H groups in total. The minimum Gasteiger partial charge on any atom is -0.406 e. The highest BCUT2D eigenvalue weighted by Gasteiger charge is 2.31. The van der Waals surface area contributed by atoms with E-state index in [1.165, 1.54) is 18.2 Å². The number of nitrogens with zero attached hydrogens (tertiary/aromatic N) is 1. The molecule has 0 unspecified atom stereocenters. The van der Waals surface area contributed by atoms with Crippen molar-refractivity contribution in [3.63, 3.8) is 0 Å². The van der Waals surface area contributed by atoms with E-state index in [-0.39, 0.29) is 12.4 Å². The molecule has 2 aromatic carbocycles. The molecule has 0 saturated heterocycles. The molecule has 0 saturated carbocycles. The van der Waals surface area contributed by atoms with Gasteiger partial charge in [-0.25, -0.2) is 0 Å². The van der Waals surface area contributed by atoms with Crippen LogP contribution in [0.5, 0.6) is 5.75 Å². The molecule has 2 aromatic rings. The van der Waals surface area contributed by atoms with Gasteiger partial charge in [0, 0.05) is 10.0 Å². The van der Waals surface area contributed by atoms with Crippen LogP contribution in [0.2, 0.25) is 0 Å². The number of rotatable bonds is 5. The van der Waals surface area contributed by atoms with Crippen LogP contribution in [0.25, 0.3) is 0 Å². The lowest BCUT2D eigenvalue weighted by molar-refractivity contribution is -0.274. The van der Waals surface area contributed by atoms with Gasteiger partial charge in [-0.3, -0.25) is 0 Å². The number of ether oxygens (including phenoxy) is 1. The predicted octanol–water partition coefficient (Wildman–Crippen LogP) is 4.78. The zero-order valence-electron chi connectivity index (χ0n) is 11.1. The first-order chi connectivity index (χ1) is 10.4. The van der Waals surface area contributed by atoms with Gasteiger partial charge in [0.25, 0.3) is 0 Å². The highest BCUT2D eigenvalue weighted by Crippen LogP contribution is 2.23. The van der Waals surface area contributed by atoms with Crippen LogP contribution in [0.3, 0.4) is 0 Å². The molecule has 3 nitrogen and oxygen atoms in total. The van der Waals surface area contributed by atoms with Crippen molar-refractivity contribution in [3.05, 3.63) is 64.1 Å². The first-order valence-corrected chi connectivity index (χ1v) is 6.90. The Balaban J connectivity index is 1.92. The van der Waals surface area contributed by atoms with Crippen LogP contribution in [0, 0.1) is 0 Å². The van der Waals surface area contributed by atoms with Crippen LogP contribution in [0.4, 0.5) is 13.2 Å². The van der Waals surface area contributed by atoms with Gasteiger partial charge in [0.15, 0.2) is 0 Å². The second kappa shape index (κ2) is 7.31. The van der Waals surface area contributed by atoms with Gasteiger partial charge >= 0.3 is 6.36 Å². The fourth-order valence-corrected chi connectivity index (χ4v) is 1.95. The van der Waals surface area contributed by atoms with Crippen molar-refractivity contribution in [3.8, 4) is 5.75 Å². The van der Waals surface area contributed by atoms with Crippen molar-refractivity contribution in [2.45, 2.75) is 13.0 Å². The summed E-state index contributed by atoms with van der Waals surface area (Å²) >= 11 is 3.33. The monoisotopic (exact) mass is 372 g/mol. The maximum Gasteiger partial charge on any atom is 0.573 e. The lowest BCUT2D eigenvalue weighted by Crippen LogP contribution is -2.17. The Morgan fingerprint density at radius 1 is 1.09 bits per heavy atom. The molecule has 0 amide bonds. The number of hydrogen-bond donors (Lipinski definition) is 0. The Bertz CT molecular complexity index is 659. The van der Waals surface area contributed by atoms with E-state index in [1.807, 2.05) is 18.2 Å². The third-order valence-corrected chi connectivity index (χ3v) is 3.16. The Labute approximate surface area is 133 Å². The lowest BCUT2D eigenvalue weighted by Gasteiger charge is -2.09. The van der Waals surface area contributed by atoms with E-state index >= 15 is 0 Å². The van der Waals surface area contributed by atoms with Gasteiger partial charge in [-0.15, -0.1) is 13.2 Å². The standard InChI is InChI=1S/C15H10BrF3NO2/c16-14-7-2-1-5-12(14)9-20-21-10-11-4-3-6-13(8-11)22-15(17,18)19/h1-8H,10H2. The van der Waals surface area contributed by atoms with Crippen molar-refractivity contribution in [2.75, 3.05) is 0 Å². The molecule has 0 fully saturated rings. The fourth-order valence-electron chi connectivity index (χ4n) is 1.57. The predicted molar refractivity (Wildman–Crippen MR) is 78.6 cm³/mol. The summed E-state index contributed by atoms with van der Waals surface area (Å²) in [5, 5.41) is 3.66.